The molecule has 0 aliphatic heterocycles. The van der Waals surface area contributed by atoms with Crippen molar-refractivity contribution in [3.05, 3.63) is 0 Å². The van der Waals surface area contributed by atoms with Gasteiger partial charge in [0.15, 0.2) is 0 Å². The summed E-state index contributed by atoms with van der Waals surface area (Å²) in [5.74, 6) is -3.73. The molecule has 0 spiro atoms. The van der Waals surface area contributed by atoms with E-state index in [1.807, 2.05) is 0 Å². The minimum absolute atomic E-state index is 0. The normalized spacial score (nSPS) is 11.2. The zero-order valence-electron chi connectivity index (χ0n) is 15.1. The van der Waals surface area contributed by atoms with Crippen molar-refractivity contribution in [2.45, 2.75) is 55.4 Å². The van der Waals surface area contributed by atoms with Crippen LogP contribution in [0.2, 0.25) is 0 Å². The molecule has 0 N–H and O–H groups in total. The van der Waals surface area contributed by atoms with Gasteiger partial charge in [0.25, 0.3) is 0 Å². The second kappa shape index (κ2) is 9.98. The van der Waals surface area contributed by atoms with Gasteiger partial charge < -0.3 is 19.8 Å². The van der Waals surface area contributed by atoms with Gasteiger partial charge in [0, 0.05) is 11.8 Å². The molecule has 23 heavy (non-hydrogen) atoms. The molecule has 130 valence electrons. The van der Waals surface area contributed by atoms with Crippen LogP contribution in [0.4, 0.5) is 0 Å². The van der Waals surface area contributed by atoms with Gasteiger partial charge in [0.1, 0.15) is 11.6 Å². The van der Waals surface area contributed by atoms with Crippen molar-refractivity contribution in [2.75, 3.05) is 0 Å². The molecule has 0 aromatic heterocycles. The Morgan fingerprint density at radius 1 is 0.652 bits per heavy atom. The third-order valence-electron chi connectivity index (χ3n) is 3.30. The molecular formula is C16H26O6Ti. The first kappa shape index (κ1) is 26.9. The molecule has 6 nitrogen and oxygen atoms in total. The van der Waals surface area contributed by atoms with E-state index in [0.29, 0.717) is 0 Å². The number of rotatable bonds is 6. The molecule has 0 aromatic rings. The fourth-order valence-corrected chi connectivity index (χ4v) is 1.64. The van der Waals surface area contributed by atoms with Crippen LogP contribution in [0, 0.1) is 22.7 Å². The molecule has 0 unspecified atom stereocenters. The van der Waals surface area contributed by atoms with Crippen molar-refractivity contribution < 1.29 is 51.1 Å². The SMILES string of the molecule is CC(C)C(=O)C(C)(C)C(=O)[O-].CC(C)C(=O)C(C)(C)C(=O)[O-].[Ti+2]. The minimum atomic E-state index is -1.35. The van der Waals surface area contributed by atoms with E-state index in [4.69, 9.17) is 0 Å². The van der Waals surface area contributed by atoms with Crippen LogP contribution in [-0.4, -0.2) is 23.5 Å². The molecule has 0 aliphatic carbocycles. The number of hydrogen-bond acceptors (Lipinski definition) is 6. The van der Waals surface area contributed by atoms with Crippen molar-refractivity contribution in [3.8, 4) is 0 Å². The molecular weight excluding hydrogens is 336 g/mol. The molecule has 0 aliphatic rings. The maximum Gasteiger partial charge on any atom is 2.00 e. The van der Waals surface area contributed by atoms with E-state index < -0.39 is 22.8 Å². The van der Waals surface area contributed by atoms with Crippen molar-refractivity contribution in [1.82, 2.24) is 0 Å². The Morgan fingerprint density at radius 2 is 0.826 bits per heavy atom. The number of carboxylic acid groups (broad SMARTS) is 2. The molecule has 7 heteroatoms. The van der Waals surface area contributed by atoms with E-state index in [2.05, 4.69) is 0 Å². The number of carbonyl (C=O) groups is 4. The van der Waals surface area contributed by atoms with Crippen molar-refractivity contribution in [2.24, 2.45) is 22.7 Å². The molecule has 0 bridgehead atoms. The van der Waals surface area contributed by atoms with Crippen LogP contribution in [0.5, 0.6) is 0 Å². The predicted molar refractivity (Wildman–Crippen MR) is 77.3 cm³/mol. The van der Waals surface area contributed by atoms with Crippen molar-refractivity contribution in [1.29, 1.82) is 0 Å². The van der Waals surface area contributed by atoms with Gasteiger partial charge in [-0.2, -0.15) is 0 Å². The van der Waals surface area contributed by atoms with Crippen LogP contribution in [0.1, 0.15) is 55.4 Å². The molecule has 0 saturated heterocycles. The van der Waals surface area contributed by atoms with Gasteiger partial charge in [-0.3, -0.25) is 9.59 Å². The third kappa shape index (κ3) is 7.88. The summed E-state index contributed by atoms with van der Waals surface area (Å²) in [6, 6.07) is 0. The maximum atomic E-state index is 11.2. The van der Waals surface area contributed by atoms with Gasteiger partial charge in [-0.15, -0.1) is 0 Å². The van der Waals surface area contributed by atoms with E-state index in [0.717, 1.165) is 0 Å². The Balaban J connectivity index is -0.000000333. The summed E-state index contributed by atoms with van der Waals surface area (Å²) in [6.45, 7) is 12.2. The second-order valence-corrected chi connectivity index (χ2v) is 6.86. The fraction of sp³-hybridized carbons (Fsp3) is 0.750. The molecule has 0 saturated carbocycles. The number of carbonyl (C=O) groups excluding carboxylic acids is 4. The number of carboxylic acids is 2. The van der Waals surface area contributed by atoms with E-state index in [1.54, 1.807) is 27.7 Å². The van der Waals surface area contributed by atoms with E-state index in [-0.39, 0.29) is 45.1 Å². The molecule has 0 aromatic carbocycles. The Hall–Kier alpha value is -1.01. The Bertz CT molecular complexity index is 407. The number of Topliss-reactive ketones (excluding diaryl/α,β-unsaturated/α-hetero) is 2. The smallest absolute Gasteiger partial charge is 0.549 e. The third-order valence-corrected chi connectivity index (χ3v) is 3.30. The van der Waals surface area contributed by atoms with Gasteiger partial charge in [-0.25, -0.2) is 0 Å². The number of aliphatic carboxylic acids is 2. The van der Waals surface area contributed by atoms with Crippen molar-refractivity contribution >= 4 is 23.5 Å². The standard InChI is InChI=1S/2C8H14O3.Ti/c2*1-5(2)6(9)8(3,4)7(10)11;/h2*5H,1-4H3,(H,10,11);/q;;+2/p-2. The topological polar surface area (TPSA) is 114 Å². The zero-order chi connectivity index (χ0) is 18.5. The van der Waals surface area contributed by atoms with Crippen LogP contribution >= 0.6 is 0 Å². The Kier molecular flexibility index (Phi) is 11.7. The first-order chi connectivity index (χ1) is 9.59. The summed E-state index contributed by atoms with van der Waals surface area (Å²) in [6.07, 6.45) is 0. The average Bonchev–Trinajstić information content (AvgIpc) is 2.36. The quantitative estimate of drug-likeness (QED) is 0.484. The number of ketones is 2. The molecule has 0 radical (unpaired) electrons. The van der Waals surface area contributed by atoms with Crippen LogP contribution in [-0.2, 0) is 40.9 Å². The van der Waals surface area contributed by atoms with Gasteiger partial charge in [0.2, 0.25) is 0 Å². The van der Waals surface area contributed by atoms with Crippen LogP contribution in [0.15, 0.2) is 0 Å². The molecule has 0 atom stereocenters. The van der Waals surface area contributed by atoms with Crippen LogP contribution in [0.3, 0.4) is 0 Å². The maximum absolute atomic E-state index is 11.2. The number of hydrogen-bond donors (Lipinski definition) is 0. The Morgan fingerprint density at radius 3 is 0.870 bits per heavy atom. The van der Waals surface area contributed by atoms with Gasteiger partial charge in [0.05, 0.1) is 22.8 Å². The first-order valence-electron chi connectivity index (χ1n) is 7.11. The summed E-state index contributed by atoms with van der Waals surface area (Å²) in [4.78, 5) is 43.2. The Labute approximate surface area is 152 Å². The minimum Gasteiger partial charge on any atom is -0.549 e. The summed E-state index contributed by atoms with van der Waals surface area (Å²) in [7, 11) is 0. The van der Waals surface area contributed by atoms with Crippen LogP contribution < -0.4 is 10.2 Å². The fourth-order valence-electron chi connectivity index (χ4n) is 1.64. The predicted octanol–water partition coefficient (Wildman–Crippen LogP) is -0.0273. The molecule has 0 amide bonds. The van der Waals surface area contributed by atoms with Gasteiger partial charge in [-0.1, -0.05) is 27.7 Å². The van der Waals surface area contributed by atoms with E-state index in [1.165, 1.54) is 27.7 Å². The van der Waals surface area contributed by atoms with Gasteiger partial charge >= 0.3 is 21.7 Å². The van der Waals surface area contributed by atoms with Gasteiger partial charge in [-0.05, 0) is 27.7 Å². The van der Waals surface area contributed by atoms with Crippen molar-refractivity contribution in [3.63, 3.8) is 0 Å². The zero-order valence-corrected chi connectivity index (χ0v) is 16.7. The molecule has 0 heterocycles. The first-order valence-corrected chi connectivity index (χ1v) is 7.11. The monoisotopic (exact) mass is 362 g/mol. The molecule has 0 fully saturated rings. The average molecular weight is 362 g/mol. The summed E-state index contributed by atoms with van der Waals surface area (Å²) in [5, 5.41) is 20.9. The summed E-state index contributed by atoms with van der Waals surface area (Å²) < 4.78 is 0. The van der Waals surface area contributed by atoms with Crippen LogP contribution in [0.25, 0.3) is 0 Å². The van der Waals surface area contributed by atoms with E-state index in [9.17, 15) is 29.4 Å². The van der Waals surface area contributed by atoms with E-state index >= 15 is 0 Å². The summed E-state index contributed by atoms with van der Waals surface area (Å²) >= 11 is 0. The largest absolute Gasteiger partial charge is 2.00 e. The second-order valence-electron chi connectivity index (χ2n) is 6.86. The summed E-state index contributed by atoms with van der Waals surface area (Å²) in [5.41, 5.74) is -2.71. The molecule has 0 rings (SSSR count).